The van der Waals surface area contributed by atoms with Crippen LogP contribution >= 0.6 is 11.6 Å². The number of aryl methyl sites for hydroxylation is 1. The van der Waals surface area contributed by atoms with E-state index in [2.05, 4.69) is 4.98 Å². The van der Waals surface area contributed by atoms with Crippen LogP contribution in [0, 0.1) is 12.7 Å². The Bertz CT molecular complexity index is 523. The molecule has 0 radical (unpaired) electrons. The highest BCUT2D eigenvalue weighted by atomic mass is 35.5. The van der Waals surface area contributed by atoms with Crippen molar-refractivity contribution in [3.05, 3.63) is 46.9 Å². The fraction of sp³-hybridized carbons (Fsp3) is 0.0833. The van der Waals surface area contributed by atoms with E-state index < -0.39 is 0 Å². The van der Waals surface area contributed by atoms with Gasteiger partial charge in [-0.15, -0.1) is 0 Å². The van der Waals surface area contributed by atoms with Crippen molar-refractivity contribution >= 4 is 17.3 Å². The maximum absolute atomic E-state index is 13.2. The lowest BCUT2D eigenvalue weighted by Gasteiger charge is -2.06. The number of aromatic nitrogens is 1. The van der Waals surface area contributed by atoms with E-state index in [0.717, 1.165) is 0 Å². The number of benzene rings is 1. The summed E-state index contributed by atoms with van der Waals surface area (Å²) in [4.78, 5) is 4.15. The molecule has 1 aromatic heterocycles. The number of anilines is 1. The minimum Gasteiger partial charge on any atom is -0.397 e. The van der Waals surface area contributed by atoms with Gasteiger partial charge in [-0.25, -0.2) is 4.39 Å². The van der Waals surface area contributed by atoms with Crippen LogP contribution in [0.15, 0.2) is 30.5 Å². The summed E-state index contributed by atoms with van der Waals surface area (Å²) in [7, 11) is 0. The largest absolute Gasteiger partial charge is 0.397 e. The quantitative estimate of drug-likeness (QED) is 0.824. The van der Waals surface area contributed by atoms with Crippen molar-refractivity contribution in [2.24, 2.45) is 0 Å². The monoisotopic (exact) mass is 236 g/mol. The normalized spacial score (nSPS) is 10.4. The van der Waals surface area contributed by atoms with Gasteiger partial charge in [0.05, 0.1) is 22.6 Å². The van der Waals surface area contributed by atoms with Gasteiger partial charge in [0.1, 0.15) is 5.82 Å². The smallest absolute Gasteiger partial charge is 0.127 e. The Morgan fingerprint density at radius 2 is 2.06 bits per heavy atom. The highest BCUT2D eigenvalue weighted by Crippen LogP contribution is 2.29. The average Bonchev–Trinajstić information content (AvgIpc) is 2.25. The van der Waals surface area contributed by atoms with Crippen molar-refractivity contribution in [3.63, 3.8) is 0 Å². The zero-order chi connectivity index (χ0) is 11.7. The molecule has 1 aromatic carbocycles. The third kappa shape index (κ3) is 1.99. The molecule has 1 heterocycles. The number of halogens is 2. The molecular formula is C12H10ClFN2. The predicted octanol–water partition coefficient (Wildman–Crippen LogP) is 3.43. The molecule has 0 atom stereocenters. The third-order valence-corrected chi connectivity index (χ3v) is 2.62. The Morgan fingerprint density at radius 3 is 2.69 bits per heavy atom. The van der Waals surface area contributed by atoms with Crippen molar-refractivity contribution < 1.29 is 4.39 Å². The molecule has 0 amide bonds. The van der Waals surface area contributed by atoms with Gasteiger partial charge in [-0.2, -0.15) is 0 Å². The Labute approximate surface area is 97.9 Å². The van der Waals surface area contributed by atoms with Crippen LogP contribution in [0.5, 0.6) is 0 Å². The van der Waals surface area contributed by atoms with Crippen molar-refractivity contribution in [2.75, 3.05) is 5.73 Å². The summed E-state index contributed by atoms with van der Waals surface area (Å²) in [5.74, 6) is -0.316. The van der Waals surface area contributed by atoms with Crippen LogP contribution in [-0.2, 0) is 0 Å². The lowest BCUT2D eigenvalue weighted by Crippen LogP contribution is -1.91. The van der Waals surface area contributed by atoms with Crippen LogP contribution in [0.25, 0.3) is 11.3 Å². The van der Waals surface area contributed by atoms with E-state index in [9.17, 15) is 4.39 Å². The molecule has 16 heavy (non-hydrogen) atoms. The zero-order valence-electron chi connectivity index (χ0n) is 8.67. The highest BCUT2D eigenvalue weighted by molar-refractivity contribution is 6.33. The van der Waals surface area contributed by atoms with Gasteiger partial charge in [-0.3, -0.25) is 4.98 Å². The van der Waals surface area contributed by atoms with E-state index in [4.69, 9.17) is 17.3 Å². The fourth-order valence-corrected chi connectivity index (χ4v) is 1.67. The molecule has 2 aromatic rings. The second-order valence-electron chi connectivity index (χ2n) is 3.56. The van der Waals surface area contributed by atoms with Gasteiger partial charge in [0, 0.05) is 5.56 Å². The molecule has 0 bridgehead atoms. The minimum absolute atomic E-state index is 0.316. The Kier molecular flexibility index (Phi) is 2.79. The van der Waals surface area contributed by atoms with Gasteiger partial charge in [-0.1, -0.05) is 11.6 Å². The standard InChI is InChI=1S/C12H10ClFN2/c1-7-4-9(10(13)5-11(7)14)12-3-2-8(15)6-16-12/h2-6H,15H2,1H3. The van der Waals surface area contributed by atoms with Gasteiger partial charge in [0.25, 0.3) is 0 Å². The molecule has 0 unspecified atom stereocenters. The summed E-state index contributed by atoms with van der Waals surface area (Å²) in [5.41, 5.74) is 8.05. The molecule has 2 N–H and O–H groups in total. The van der Waals surface area contributed by atoms with Crippen molar-refractivity contribution in [1.29, 1.82) is 0 Å². The van der Waals surface area contributed by atoms with Crippen LogP contribution in [0.1, 0.15) is 5.56 Å². The van der Waals surface area contributed by atoms with Gasteiger partial charge in [0.2, 0.25) is 0 Å². The SMILES string of the molecule is Cc1cc(-c2ccc(N)cn2)c(Cl)cc1F. The Hall–Kier alpha value is -1.61. The molecule has 4 heteroatoms. The fourth-order valence-electron chi connectivity index (χ4n) is 1.42. The Balaban J connectivity index is 2.56. The molecule has 0 spiro atoms. The first-order valence-electron chi connectivity index (χ1n) is 4.75. The van der Waals surface area contributed by atoms with Crippen LogP contribution < -0.4 is 5.73 Å². The lowest BCUT2D eigenvalue weighted by molar-refractivity contribution is 0.619. The topological polar surface area (TPSA) is 38.9 Å². The van der Waals surface area contributed by atoms with Crippen LogP contribution in [0.3, 0.4) is 0 Å². The van der Waals surface area contributed by atoms with Crippen LogP contribution in [0.4, 0.5) is 10.1 Å². The first kappa shape index (κ1) is 10.9. The van der Waals surface area contributed by atoms with Gasteiger partial charge >= 0.3 is 0 Å². The lowest BCUT2D eigenvalue weighted by atomic mass is 10.1. The van der Waals surface area contributed by atoms with Gasteiger partial charge < -0.3 is 5.73 Å². The van der Waals surface area contributed by atoms with Crippen molar-refractivity contribution in [3.8, 4) is 11.3 Å². The summed E-state index contributed by atoms with van der Waals surface area (Å²) >= 11 is 5.96. The number of hydrogen-bond donors (Lipinski definition) is 1. The van der Waals surface area contributed by atoms with Crippen molar-refractivity contribution in [1.82, 2.24) is 4.98 Å². The molecule has 0 aliphatic heterocycles. The molecule has 2 nitrogen and oxygen atoms in total. The van der Waals surface area contributed by atoms with E-state index in [1.807, 2.05) is 0 Å². The highest BCUT2D eigenvalue weighted by Gasteiger charge is 2.08. The number of pyridine rings is 1. The summed E-state index contributed by atoms with van der Waals surface area (Å²) in [5, 5.41) is 0.348. The molecule has 0 aliphatic carbocycles. The van der Waals surface area contributed by atoms with E-state index >= 15 is 0 Å². The molecule has 0 fully saturated rings. The summed E-state index contributed by atoms with van der Waals surface area (Å²) in [6.45, 7) is 1.69. The molecule has 0 saturated carbocycles. The molecule has 0 saturated heterocycles. The number of nitrogens with zero attached hydrogens (tertiary/aromatic N) is 1. The number of hydrogen-bond acceptors (Lipinski definition) is 2. The van der Waals surface area contributed by atoms with E-state index in [1.165, 1.54) is 6.07 Å². The molecule has 2 rings (SSSR count). The average molecular weight is 237 g/mol. The van der Waals surface area contributed by atoms with Crippen LogP contribution in [0.2, 0.25) is 5.02 Å². The Morgan fingerprint density at radius 1 is 1.31 bits per heavy atom. The number of nitrogen functional groups attached to an aromatic ring is 1. The third-order valence-electron chi connectivity index (χ3n) is 2.31. The van der Waals surface area contributed by atoms with Gasteiger partial charge in [-0.05, 0) is 36.8 Å². The second-order valence-corrected chi connectivity index (χ2v) is 3.97. The minimum atomic E-state index is -0.316. The summed E-state index contributed by atoms with van der Waals surface area (Å²) in [6, 6.07) is 6.46. The van der Waals surface area contributed by atoms with Gasteiger partial charge in [0.15, 0.2) is 0 Å². The number of nitrogens with two attached hydrogens (primary N) is 1. The summed E-state index contributed by atoms with van der Waals surface area (Å²) < 4.78 is 13.2. The molecule has 0 aliphatic rings. The predicted molar refractivity (Wildman–Crippen MR) is 63.8 cm³/mol. The second kappa shape index (κ2) is 4.10. The maximum Gasteiger partial charge on any atom is 0.127 e. The van der Waals surface area contributed by atoms with E-state index in [1.54, 1.807) is 31.3 Å². The molecule has 82 valence electrons. The van der Waals surface area contributed by atoms with E-state index in [-0.39, 0.29) is 5.82 Å². The number of rotatable bonds is 1. The first-order chi connectivity index (χ1) is 7.58. The zero-order valence-corrected chi connectivity index (χ0v) is 9.42. The first-order valence-corrected chi connectivity index (χ1v) is 5.13. The molecular weight excluding hydrogens is 227 g/mol. The van der Waals surface area contributed by atoms with Crippen LogP contribution in [-0.4, -0.2) is 4.98 Å². The summed E-state index contributed by atoms with van der Waals surface area (Å²) in [6.07, 6.45) is 1.55. The van der Waals surface area contributed by atoms with E-state index in [0.29, 0.717) is 27.5 Å². The van der Waals surface area contributed by atoms with Crippen molar-refractivity contribution in [2.45, 2.75) is 6.92 Å². The maximum atomic E-state index is 13.2.